The maximum atomic E-state index is 4.35. The van der Waals surface area contributed by atoms with Crippen molar-refractivity contribution >= 4 is 41.7 Å². The minimum atomic E-state index is 0. The standard InChI is InChI=1S/C16H32N6S.HI/c1-12(2)10-19-15(17-5)18-9-7-8-14-20-21-16(23-6)22(14)11-13(3)4;/h12-13H,7-11H2,1-6H3,(H2,17,18,19);1H. The van der Waals surface area contributed by atoms with Gasteiger partial charge in [-0.2, -0.15) is 0 Å². The highest BCUT2D eigenvalue weighted by atomic mass is 127. The first kappa shape index (κ1) is 23.5. The number of halogens is 1. The molecule has 8 heteroatoms. The smallest absolute Gasteiger partial charge is 0.190 e. The number of guanidine groups is 1. The summed E-state index contributed by atoms with van der Waals surface area (Å²) >= 11 is 1.66. The van der Waals surface area contributed by atoms with Crippen molar-refractivity contribution in [2.24, 2.45) is 16.8 Å². The lowest BCUT2D eigenvalue weighted by Crippen LogP contribution is -2.39. The van der Waals surface area contributed by atoms with Crippen molar-refractivity contribution in [3.8, 4) is 0 Å². The van der Waals surface area contributed by atoms with Crippen LogP contribution in [-0.2, 0) is 13.0 Å². The molecule has 0 aliphatic heterocycles. The molecular formula is C16H33IN6S. The summed E-state index contributed by atoms with van der Waals surface area (Å²) in [7, 11) is 1.81. The third-order valence-electron chi connectivity index (χ3n) is 3.29. The molecule has 0 aromatic carbocycles. The number of nitrogens with zero attached hydrogens (tertiary/aromatic N) is 4. The zero-order valence-corrected chi connectivity index (χ0v) is 18.9. The SMILES string of the molecule is CN=C(NCCCc1nnc(SC)n1CC(C)C)NCC(C)C.I. The Morgan fingerprint density at radius 2 is 1.88 bits per heavy atom. The van der Waals surface area contributed by atoms with Crippen LogP contribution in [0.4, 0.5) is 0 Å². The molecule has 1 heterocycles. The van der Waals surface area contributed by atoms with Gasteiger partial charge in [-0.3, -0.25) is 4.99 Å². The number of aromatic nitrogens is 3. The predicted molar refractivity (Wildman–Crippen MR) is 115 cm³/mol. The van der Waals surface area contributed by atoms with E-state index in [1.807, 2.05) is 0 Å². The van der Waals surface area contributed by atoms with Crippen LogP contribution in [0, 0.1) is 11.8 Å². The van der Waals surface area contributed by atoms with Gasteiger partial charge in [0, 0.05) is 33.1 Å². The number of nitrogens with one attached hydrogen (secondary N) is 2. The molecule has 0 unspecified atom stereocenters. The maximum Gasteiger partial charge on any atom is 0.190 e. The van der Waals surface area contributed by atoms with Crippen LogP contribution in [0.3, 0.4) is 0 Å². The number of aliphatic imine (C=N–C) groups is 1. The summed E-state index contributed by atoms with van der Waals surface area (Å²) in [5, 5.41) is 16.3. The van der Waals surface area contributed by atoms with Gasteiger partial charge in [0.2, 0.25) is 0 Å². The van der Waals surface area contributed by atoms with Crippen LogP contribution in [-0.4, -0.2) is 47.1 Å². The molecule has 0 saturated heterocycles. The molecule has 6 nitrogen and oxygen atoms in total. The molecule has 0 radical (unpaired) electrons. The number of hydrogen-bond acceptors (Lipinski definition) is 4. The van der Waals surface area contributed by atoms with E-state index in [1.54, 1.807) is 18.8 Å². The molecule has 0 aliphatic carbocycles. The Hall–Kier alpha value is -0.510. The van der Waals surface area contributed by atoms with Crippen LogP contribution in [0.15, 0.2) is 10.1 Å². The second-order valence-electron chi connectivity index (χ2n) is 6.48. The van der Waals surface area contributed by atoms with Crippen LogP contribution < -0.4 is 10.6 Å². The molecule has 0 saturated carbocycles. The van der Waals surface area contributed by atoms with Crippen molar-refractivity contribution in [2.75, 3.05) is 26.4 Å². The second-order valence-corrected chi connectivity index (χ2v) is 7.26. The third kappa shape index (κ3) is 8.55. The Kier molecular flexibility index (Phi) is 12.5. The Bertz CT molecular complexity index is 487. The van der Waals surface area contributed by atoms with E-state index >= 15 is 0 Å². The summed E-state index contributed by atoms with van der Waals surface area (Å²) in [4.78, 5) is 4.24. The van der Waals surface area contributed by atoms with E-state index in [1.165, 1.54) is 0 Å². The molecule has 24 heavy (non-hydrogen) atoms. The fraction of sp³-hybridized carbons (Fsp3) is 0.812. The van der Waals surface area contributed by atoms with Gasteiger partial charge in [0.05, 0.1) is 0 Å². The Labute approximate surface area is 168 Å². The van der Waals surface area contributed by atoms with E-state index < -0.39 is 0 Å². The Morgan fingerprint density at radius 1 is 1.17 bits per heavy atom. The van der Waals surface area contributed by atoms with E-state index in [9.17, 15) is 0 Å². The Balaban J connectivity index is 0.00000529. The van der Waals surface area contributed by atoms with Crippen LogP contribution in [0.5, 0.6) is 0 Å². The van der Waals surface area contributed by atoms with Gasteiger partial charge >= 0.3 is 0 Å². The van der Waals surface area contributed by atoms with Crippen molar-refractivity contribution in [2.45, 2.75) is 52.2 Å². The summed E-state index contributed by atoms with van der Waals surface area (Å²) in [6.07, 6.45) is 3.98. The Morgan fingerprint density at radius 3 is 2.42 bits per heavy atom. The van der Waals surface area contributed by atoms with Crippen LogP contribution in [0.2, 0.25) is 0 Å². The lowest BCUT2D eigenvalue weighted by atomic mass is 10.2. The van der Waals surface area contributed by atoms with Crippen molar-refractivity contribution in [1.29, 1.82) is 0 Å². The highest BCUT2D eigenvalue weighted by Gasteiger charge is 2.12. The predicted octanol–water partition coefficient (Wildman–Crippen LogP) is 3.03. The number of aryl methyl sites for hydroxylation is 1. The molecule has 0 amide bonds. The van der Waals surface area contributed by atoms with Crippen LogP contribution in [0.25, 0.3) is 0 Å². The molecule has 140 valence electrons. The van der Waals surface area contributed by atoms with Gasteiger partial charge in [0.25, 0.3) is 0 Å². The number of thioether (sulfide) groups is 1. The highest BCUT2D eigenvalue weighted by molar-refractivity contribution is 14.0. The number of hydrogen-bond donors (Lipinski definition) is 2. The molecule has 0 atom stereocenters. The van der Waals surface area contributed by atoms with Crippen molar-refractivity contribution in [3.05, 3.63) is 5.82 Å². The van der Waals surface area contributed by atoms with Gasteiger partial charge < -0.3 is 15.2 Å². The molecule has 2 N–H and O–H groups in total. The first-order valence-electron chi connectivity index (χ1n) is 8.38. The fourth-order valence-corrected chi connectivity index (χ4v) is 2.70. The summed E-state index contributed by atoms with van der Waals surface area (Å²) in [6.45, 7) is 11.6. The van der Waals surface area contributed by atoms with E-state index in [4.69, 9.17) is 0 Å². The van der Waals surface area contributed by atoms with E-state index in [0.29, 0.717) is 11.8 Å². The highest BCUT2D eigenvalue weighted by Crippen LogP contribution is 2.16. The molecule has 0 spiro atoms. The molecule has 0 fully saturated rings. The lowest BCUT2D eigenvalue weighted by Gasteiger charge is -2.14. The van der Waals surface area contributed by atoms with Gasteiger partial charge in [-0.05, 0) is 24.5 Å². The third-order valence-corrected chi connectivity index (χ3v) is 3.96. The average Bonchev–Trinajstić information content (AvgIpc) is 2.87. The lowest BCUT2D eigenvalue weighted by molar-refractivity contribution is 0.477. The molecular weight excluding hydrogens is 435 g/mol. The van der Waals surface area contributed by atoms with Gasteiger partial charge in [0.1, 0.15) is 5.82 Å². The normalized spacial score (nSPS) is 11.8. The monoisotopic (exact) mass is 468 g/mol. The largest absolute Gasteiger partial charge is 0.356 e. The van der Waals surface area contributed by atoms with Gasteiger partial charge in [0.15, 0.2) is 11.1 Å². The van der Waals surface area contributed by atoms with Crippen molar-refractivity contribution in [1.82, 2.24) is 25.4 Å². The maximum absolute atomic E-state index is 4.35. The molecule has 1 rings (SSSR count). The topological polar surface area (TPSA) is 67.1 Å². The fourth-order valence-electron chi connectivity index (χ4n) is 2.18. The van der Waals surface area contributed by atoms with Crippen molar-refractivity contribution in [3.63, 3.8) is 0 Å². The first-order valence-corrected chi connectivity index (χ1v) is 9.61. The zero-order chi connectivity index (χ0) is 17.2. The van der Waals surface area contributed by atoms with Crippen molar-refractivity contribution < 1.29 is 0 Å². The van der Waals surface area contributed by atoms with E-state index in [2.05, 4.69) is 64.3 Å². The minimum Gasteiger partial charge on any atom is -0.356 e. The van der Waals surface area contributed by atoms with Crippen LogP contribution >= 0.6 is 35.7 Å². The van der Waals surface area contributed by atoms with E-state index in [-0.39, 0.29) is 24.0 Å². The first-order chi connectivity index (χ1) is 11.0. The van der Waals surface area contributed by atoms with Gasteiger partial charge in [-0.1, -0.05) is 39.5 Å². The summed E-state index contributed by atoms with van der Waals surface area (Å²) in [5.41, 5.74) is 0. The second kappa shape index (κ2) is 12.8. The average molecular weight is 468 g/mol. The van der Waals surface area contributed by atoms with Crippen LogP contribution in [0.1, 0.15) is 39.9 Å². The number of rotatable bonds is 9. The quantitative estimate of drug-likeness (QED) is 0.192. The summed E-state index contributed by atoms with van der Waals surface area (Å²) in [6, 6.07) is 0. The molecule has 0 bridgehead atoms. The molecule has 1 aromatic rings. The minimum absolute atomic E-state index is 0. The van der Waals surface area contributed by atoms with E-state index in [0.717, 1.165) is 49.4 Å². The summed E-state index contributed by atoms with van der Waals surface area (Å²) in [5.74, 6) is 3.14. The molecule has 1 aromatic heterocycles. The summed E-state index contributed by atoms with van der Waals surface area (Å²) < 4.78 is 2.25. The van der Waals surface area contributed by atoms with Gasteiger partial charge in [-0.25, -0.2) is 0 Å². The zero-order valence-electron chi connectivity index (χ0n) is 15.8. The molecule has 0 aliphatic rings. The van der Waals surface area contributed by atoms with Gasteiger partial charge in [-0.15, -0.1) is 34.2 Å².